The van der Waals surface area contributed by atoms with Crippen molar-refractivity contribution in [2.75, 3.05) is 0 Å². The zero-order chi connectivity index (χ0) is 22.4. The Bertz CT molecular complexity index is 1220. The lowest BCUT2D eigenvalue weighted by Gasteiger charge is -2.04. The van der Waals surface area contributed by atoms with Crippen LogP contribution in [0.5, 0.6) is 0 Å². The van der Waals surface area contributed by atoms with E-state index in [9.17, 15) is 9.59 Å². The number of rotatable bonds is 5. The quantitative estimate of drug-likeness (QED) is 0.424. The highest BCUT2D eigenvalue weighted by Crippen LogP contribution is 2.15. The number of carboxylic acid groups (broad SMARTS) is 1. The third-order valence-electron chi connectivity index (χ3n) is 4.59. The summed E-state index contributed by atoms with van der Waals surface area (Å²) in [5.41, 5.74) is 15.1. The van der Waals surface area contributed by atoms with Crippen molar-refractivity contribution in [2.24, 2.45) is 11.5 Å². The van der Waals surface area contributed by atoms with Crippen LogP contribution in [0.25, 0.3) is 10.9 Å². The number of primary amides is 1. The predicted molar refractivity (Wildman–Crippen MR) is 125 cm³/mol. The van der Waals surface area contributed by atoms with Crippen LogP contribution in [0, 0.1) is 6.92 Å². The van der Waals surface area contributed by atoms with Crippen molar-refractivity contribution < 1.29 is 14.7 Å². The molecular weight excluding hydrogens is 430 g/mol. The van der Waals surface area contributed by atoms with Crippen LogP contribution in [0.3, 0.4) is 0 Å². The Morgan fingerprint density at radius 2 is 1.69 bits per heavy atom. The maximum absolute atomic E-state index is 10.8. The Hall–Kier alpha value is -3.75. The van der Waals surface area contributed by atoms with Gasteiger partial charge in [0.2, 0.25) is 5.91 Å². The molecule has 2 aromatic carbocycles. The number of aromatic carboxylic acids is 1. The van der Waals surface area contributed by atoms with Gasteiger partial charge >= 0.3 is 5.97 Å². The van der Waals surface area contributed by atoms with Crippen LogP contribution in [0.15, 0.2) is 67.0 Å². The fraction of sp³-hybridized carbons (Fsp3) is 0.130. The van der Waals surface area contributed by atoms with Crippen molar-refractivity contribution in [3.63, 3.8) is 0 Å². The number of carboxylic acids is 1. The number of fused-ring (bicyclic) bond motifs is 1. The SMILES string of the molecule is Cc1ccc2cc(Cn3cc(C(=O)O)cn3)ccc2n1.Cl.NCc1ccc(C(N)=O)cc1. The topological polar surface area (TPSA) is 137 Å². The highest BCUT2D eigenvalue weighted by Gasteiger charge is 2.06. The van der Waals surface area contributed by atoms with Crippen LogP contribution in [0.1, 0.15) is 37.5 Å². The second-order valence-corrected chi connectivity index (χ2v) is 6.98. The summed E-state index contributed by atoms with van der Waals surface area (Å²) in [6.07, 6.45) is 2.88. The molecule has 0 bridgehead atoms. The third kappa shape index (κ3) is 6.37. The minimum Gasteiger partial charge on any atom is -0.478 e. The van der Waals surface area contributed by atoms with Gasteiger partial charge in [-0.2, -0.15) is 5.10 Å². The zero-order valence-corrected chi connectivity index (χ0v) is 18.2. The molecule has 2 aromatic heterocycles. The fourth-order valence-electron chi connectivity index (χ4n) is 2.93. The lowest BCUT2D eigenvalue weighted by molar-refractivity contribution is 0.0696. The number of hydrogen-bond donors (Lipinski definition) is 3. The molecule has 0 unspecified atom stereocenters. The summed E-state index contributed by atoms with van der Waals surface area (Å²) in [6.45, 7) is 2.99. The molecule has 9 heteroatoms. The average molecular weight is 454 g/mol. The van der Waals surface area contributed by atoms with Gasteiger partial charge in [-0.3, -0.25) is 14.5 Å². The number of nitrogens with zero attached hydrogens (tertiary/aromatic N) is 3. The molecule has 2 heterocycles. The van der Waals surface area contributed by atoms with Gasteiger partial charge in [-0.05, 0) is 48.4 Å². The average Bonchev–Trinajstić information content (AvgIpc) is 3.23. The van der Waals surface area contributed by atoms with Gasteiger partial charge in [0.1, 0.15) is 0 Å². The summed E-state index contributed by atoms with van der Waals surface area (Å²) in [5, 5.41) is 14.0. The van der Waals surface area contributed by atoms with Crippen molar-refractivity contribution in [3.05, 3.63) is 94.9 Å². The zero-order valence-electron chi connectivity index (χ0n) is 17.4. The fourth-order valence-corrected chi connectivity index (χ4v) is 2.93. The first-order chi connectivity index (χ1) is 14.9. The Kier molecular flexibility index (Phi) is 8.46. The summed E-state index contributed by atoms with van der Waals surface area (Å²) in [4.78, 5) is 25.9. The van der Waals surface area contributed by atoms with E-state index in [4.69, 9.17) is 16.6 Å². The Labute approximate surface area is 191 Å². The van der Waals surface area contributed by atoms with E-state index in [1.807, 2.05) is 37.3 Å². The van der Waals surface area contributed by atoms with E-state index in [0.717, 1.165) is 27.7 Å². The molecule has 0 aliphatic heterocycles. The molecular formula is C23H24ClN5O3. The maximum atomic E-state index is 10.8. The number of carbonyl (C=O) groups is 2. The van der Waals surface area contributed by atoms with Crippen LogP contribution in [0.4, 0.5) is 0 Å². The van der Waals surface area contributed by atoms with Gasteiger partial charge in [0.25, 0.3) is 0 Å². The van der Waals surface area contributed by atoms with Gasteiger partial charge in [0.15, 0.2) is 0 Å². The summed E-state index contributed by atoms with van der Waals surface area (Å²) >= 11 is 0. The molecule has 166 valence electrons. The highest BCUT2D eigenvalue weighted by atomic mass is 35.5. The Balaban J connectivity index is 0.000000259. The number of hydrogen-bond acceptors (Lipinski definition) is 5. The van der Waals surface area contributed by atoms with Crippen molar-refractivity contribution in [1.29, 1.82) is 0 Å². The van der Waals surface area contributed by atoms with Crippen molar-refractivity contribution in [3.8, 4) is 0 Å². The first-order valence-electron chi connectivity index (χ1n) is 9.56. The molecule has 0 radical (unpaired) electrons. The normalized spacial score (nSPS) is 10.1. The predicted octanol–water partition coefficient (Wildman–Crippen LogP) is 3.15. The standard InChI is InChI=1S/C15H13N3O2.C8H10N2O.ClH/c1-10-2-4-12-6-11(3-5-14(12)17-10)8-18-9-13(7-16-18)15(19)20;9-5-6-1-3-7(4-2-6)8(10)11;/h2-7,9H,8H2,1H3,(H,19,20);1-4H,5,9H2,(H2,10,11);1H. The molecule has 1 amide bonds. The van der Waals surface area contributed by atoms with Gasteiger partial charge in [-0.25, -0.2) is 4.79 Å². The number of carbonyl (C=O) groups excluding carboxylic acids is 1. The second kappa shape index (κ2) is 11.0. The highest BCUT2D eigenvalue weighted by molar-refractivity contribution is 5.92. The molecule has 0 atom stereocenters. The van der Waals surface area contributed by atoms with Crippen molar-refractivity contribution in [1.82, 2.24) is 14.8 Å². The van der Waals surface area contributed by atoms with Crippen LogP contribution in [-0.4, -0.2) is 31.7 Å². The Morgan fingerprint density at radius 1 is 1.00 bits per heavy atom. The smallest absolute Gasteiger partial charge is 0.338 e. The largest absolute Gasteiger partial charge is 0.478 e. The molecule has 4 aromatic rings. The number of halogens is 1. The molecule has 32 heavy (non-hydrogen) atoms. The number of aromatic nitrogens is 3. The van der Waals surface area contributed by atoms with Crippen molar-refractivity contribution >= 4 is 35.2 Å². The van der Waals surface area contributed by atoms with Crippen LogP contribution in [0.2, 0.25) is 0 Å². The van der Waals surface area contributed by atoms with Crippen LogP contribution in [-0.2, 0) is 13.1 Å². The summed E-state index contributed by atoms with van der Waals surface area (Å²) in [7, 11) is 0. The van der Waals surface area contributed by atoms with Crippen LogP contribution < -0.4 is 11.5 Å². The third-order valence-corrected chi connectivity index (χ3v) is 4.59. The number of nitrogens with two attached hydrogens (primary N) is 2. The first-order valence-corrected chi connectivity index (χ1v) is 9.56. The van der Waals surface area contributed by atoms with E-state index in [1.54, 1.807) is 28.9 Å². The monoisotopic (exact) mass is 453 g/mol. The van der Waals surface area contributed by atoms with E-state index >= 15 is 0 Å². The molecule has 5 N–H and O–H groups in total. The number of benzene rings is 2. The minimum atomic E-state index is -0.963. The minimum absolute atomic E-state index is 0. The summed E-state index contributed by atoms with van der Waals surface area (Å²) in [5.74, 6) is -1.37. The summed E-state index contributed by atoms with van der Waals surface area (Å²) < 4.78 is 1.62. The van der Waals surface area contributed by atoms with E-state index in [1.165, 1.54) is 12.4 Å². The lowest BCUT2D eigenvalue weighted by Crippen LogP contribution is -2.10. The van der Waals surface area contributed by atoms with Gasteiger partial charge < -0.3 is 16.6 Å². The van der Waals surface area contributed by atoms with E-state index in [0.29, 0.717) is 18.7 Å². The maximum Gasteiger partial charge on any atom is 0.338 e. The Morgan fingerprint density at radius 3 is 2.28 bits per heavy atom. The number of amides is 1. The van der Waals surface area contributed by atoms with Crippen molar-refractivity contribution in [2.45, 2.75) is 20.0 Å². The van der Waals surface area contributed by atoms with E-state index in [2.05, 4.69) is 10.1 Å². The second-order valence-electron chi connectivity index (χ2n) is 6.98. The molecule has 0 aliphatic rings. The molecule has 4 rings (SSSR count). The van der Waals surface area contributed by atoms with E-state index in [-0.39, 0.29) is 18.0 Å². The number of pyridine rings is 1. The molecule has 0 saturated heterocycles. The molecule has 0 fully saturated rings. The van der Waals surface area contributed by atoms with Crippen LogP contribution >= 0.6 is 12.4 Å². The summed E-state index contributed by atoms with van der Waals surface area (Å²) in [6, 6.07) is 16.9. The van der Waals surface area contributed by atoms with Gasteiger partial charge in [-0.1, -0.05) is 24.3 Å². The van der Waals surface area contributed by atoms with Gasteiger partial charge in [-0.15, -0.1) is 12.4 Å². The molecule has 0 aliphatic carbocycles. The first kappa shape index (κ1) is 24.5. The number of aryl methyl sites for hydroxylation is 1. The molecule has 0 saturated carbocycles. The van der Waals surface area contributed by atoms with E-state index < -0.39 is 11.9 Å². The molecule has 0 spiro atoms. The molecule has 8 nitrogen and oxygen atoms in total. The lowest BCUT2D eigenvalue weighted by atomic mass is 10.1. The van der Waals surface area contributed by atoms with Gasteiger partial charge in [0, 0.05) is 29.4 Å². The van der Waals surface area contributed by atoms with Gasteiger partial charge in [0.05, 0.1) is 23.8 Å².